The third-order valence-electron chi connectivity index (χ3n) is 2.58. The SMILES string of the molecule is CCC1(C(N)=O)OC(OC)C(O)C1O. The summed E-state index contributed by atoms with van der Waals surface area (Å²) in [6.07, 6.45) is -3.44. The molecule has 1 aliphatic rings. The molecule has 6 heteroatoms. The molecule has 4 N–H and O–H groups in total. The zero-order valence-corrected chi connectivity index (χ0v) is 8.14. The average Bonchev–Trinajstić information content (AvgIpc) is 2.42. The van der Waals surface area contributed by atoms with E-state index >= 15 is 0 Å². The van der Waals surface area contributed by atoms with Gasteiger partial charge < -0.3 is 25.4 Å². The molecule has 1 amide bonds. The quantitative estimate of drug-likeness (QED) is 0.512. The molecule has 1 aliphatic heterocycles. The van der Waals surface area contributed by atoms with Crippen LogP contribution in [0.15, 0.2) is 0 Å². The molecule has 0 aromatic carbocycles. The molecule has 1 fully saturated rings. The van der Waals surface area contributed by atoms with Crippen molar-refractivity contribution < 1.29 is 24.5 Å². The molecule has 82 valence electrons. The summed E-state index contributed by atoms with van der Waals surface area (Å²) in [6, 6.07) is 0. The summed E-state index contributed by atoms with van der Waals surface area (Å²) in [7, 11) is 1.31. The first-order valence-corrected chi connectivity index (χ1v) is 4.36. The summed E-state index contributed by atoms with van der Waals surface area (Å²) >= 11 is 0. The fourth-order valence-electron chi connectivity index (χ4n) is 1.63. The minimum absolute atomic E-state index is 0.181. The van der Waals surface area contributed by atoms with Crippen molar-refractivity contribution in [3.63, 3.8) is 0 Å². The maximum Gasteiger partial charge on any atom is 0.252 e. The molecule has 6 nitrogen and oxygen atoms in total. The topological polar surface area (TPSA) is 102 Å². The molecule has 1 rings (SSSR count). The first kappa shape index (κ1) is 11.4. The molecular weight excluding hydrogens is 190 g/mol. The molecule has 4 unspecified atom stereocenters. The van der Waals surface area contributed by atoms with Crippen LogP contribution >= 0.6 is 0 Å². The molecular formula is C8H15NO5. The van der Waals surface area contributed by atoms with Crippen molar-refractivity contribution in [3.05, 3.63) is 0 Å². The van der Waals surface area contributed by atoms with Crippen LogP contribution in [0.4, 0.5) is 0 Å². The van der Waals surface area contributed by atoms with Gasteiger partial charge in [0.2, 0.25) is 0 Å². The van der Waals surface area contributed by atoms with Gasteiger partial charge in [-0.1, -0.05) is 6.92 Å². The zero-order valence-electron chi connectivity index (χ0n) is 8.14. The Labute approximate surface area is 81.6 Å². The van der Waals surface area contributed by atoms with Crippen LogP contribution in [-0.4, -0.2) is 47.3 Å². The van der Waals surface area contributed by atoms with E-state index in [4.69, 9.17) is 15.2 Å². The lowest BCUT2D eigenvalue weighted by atomic mass is 9.92. The van der Waals surface area contributed by atoms with Crippen LogP contribution in [0.1, 0.15) is 13.3 Å². The van der Waals surface area contributed by atoms with Crippen LogP contribution in [0.3, 0.4) is 0 Å². The predicted octanol–water partition coefficient (Wildman–Crippen LogP) is -1.65. The lowest BCUT2D eigenvalue weighted by Gasteiger charge is -2.26. The fraction of sp³-hybridized carbons (Fsp3) is 0.875. The number of methoxy groups -OCH3 is 1. The summed E-state index contributed by atoms with van der Waals surface area (Å²) in [5.74, 6) is -0.800. The van der Waals surface area contributed by atoms with E-state index in [1.807, 2.05) is 0 Å². The molecule has 0 bridgehead atoms. The molecule has 0 spiro atoms. The second-order valence-corrected chi connectivity index (χ2v) is 3.26. The average molecular weight is 205 g/mol. The van der Waals surface area contributed by atoms with Crippen molar-refractivity contribution in [1.82, 2.24) is 0 Å². The van der Waals surface area contributed by atoms with E-state index in [1.165, 1.54) is 7.11 Å². The highest BCUT2D eigenvalue weighted by Crippen LogP contribution is 2.34. The van der Waals surface area contributed by atoms with Crippen LogP contribution < -0.4 is 5.73 Å². The van der Waals surface area contributed by atoms with E-state index in [0.29, 0.717) is 0 Å². The van der Waals surface area contributed by atoms with E-state index in [9.17, 15) is 15.0 Å². The number of nitrogens with two attached hydrogens (primary N) is 1. The molecule has 0 aromatic rings. The van der Waals surface area contributed by atoms with Crippen LogP contribution in [-0.2, 0) is 14.3 Å². The Morgan fingerprint density at radius 3 is 2.43 bits per heavy atom. The smallest absolute Gasteiger partial charge is 0.252 e. The lowest BCUT2D eigenvalue weighted by molar-refractivity contribution is -0.185. The monoisotopic (exact) mass is 205 g/mol. The molecule has 0 aliphatic carbocycles. The number of aliphatic hydroxyl groups excluding tert-OH is 2. The van der Waals surface area contributed by atoms with Gasteiger partial charge in [0.05, 0.1) is 0 Å². The lowest BCUT2D eigenvalue weighted by Crippen LogP contribution is -2.52. The normalized spacial score (nSPS) is 42.7. The Morgan fingerprint density at radius 2 is 2.21 bits per heavy atom. The molecule has 14 heavy (non-hydrogen) atoms. The number of ether oxygens (including phenoxy) is 2. The van der Waals surface area contributed by atoms with Crippen molar-refractivity contribution >= 4 is 5.91 Å². The van der Waals surface area contributed by atoms with Crippen LogP contribution in [0.5, 0.6) is 0 Å². The van der Waals surface area contributed by atoms with Gasteiger partial charge in [-0.05, 0) is 6.42 Å². The number of hydrogen-bond donors (Lipinski definition) is 3. The first-order valence-electron chi connectivity index (χ1n) is 4.36. The third-order valence-corrected chi connectivity index (χ3v) is 2.58. The largest absolute Gasteiger partial charge is 0.387 e. The molecule has 4 atom stereocenters. The van der Waals surface area contributed by atoms with Gasteiger partial charge in [-0.15, -0.1) is 0 Å². The van der Waals surface area contributed by atoms with Gasteiger partial charge in [0.1, 0.15) is 12.2 Å². The number of amides is 1. The highest BCUT2D eigenvalue weighted by molar-refractivity contribution is 5.84. The van der Waals surface area contributed by atoms with Crippen molar-refractivity contribution in [3.8, 4) is 0 Å². The second kappa shape index (κ2) is 3.82. The van der Waals surface area contributed by atoms with E-state index in [-0.39, 0.29) is 6.42 Å². The van der Waals surface area contributed by atoms with Crippen molar-refractivity contribution in [2.75, 3.05) is 7.11 Å². The maximum atomic E-state index is 11.1. The van der Waals surface area contributed by atoms with E-state index in [1.54, 1.807) is 6.92 Å². The molecule has 1 heterocycles. The fourth-order valence-corrected chi connectivity index (χ4v) is 1.63. The summed E-state index contributed by atoms with van der Waals surface area (Å²) in [6.45, 7) is 1.64. The standard InChI is InChI=1S/C8H15NO5/c1-3-8(7(9)12)5(11)4(10)6(13-2)14-8/h4-6,10-11H,3H2,1-2H3,(H2,9,12). The Hall–Kier alpha value is -0.690. The third kappa shape index (κ3) is 1.40. The molecule has 0 aromatic heterocycles. The van der Waals surface area contributed by atoms with Crippen LogP contribution in [0, 0.1) is 0 Å². The van der Waals surface area contributed by atoms with Gasteiger partial charge in [0, 0.05) is 7.11 Å². The number of aliphatic hydroxyl groups is 2. The second-order valence-electron chi connectivity index (χ2n) is 3.26. The van der Waals surface area contributed by atoms with Gasteiger partial charge >= 0.3 is 0 Å². The van der Waals surface area contributed by atoms with E-state index < -0.39 is 30.0 Å². The number of rotatable bonds is 3. The minimum Gasteiger partial charge on any atom is -0.387 e. The minimum atomic E-state index is -1.54. The number of carbonyl (C=O) groups is 1. The highest BCUT2D eigenvalue weighted by atomic mass is 16.7. The Balaban J connectivity index is 2.95. The Bertz CT molecular complexity index is 234. The van der Waals surface area contributed by atoms with Gasteiger partial charge in [-0.3, -0.25) is 4.79 Å². The number of hydrogen-bond acceptors (Lipinski definition) is 5. The first-order chi connectivity index (χ1) is 6.49. The Kier molecular flexibility index (Phi) is 3.10. The van der Waals surface area contributed by atoms with Crippen molar-refractivity contribution in [2.24, 2.45) is 5.73 Å². The number of primary amides is 1. The number of carbonyl (C=O) groups excluding carboxylic acids is 1. The molecule has 1 saturated heterocycles. The highest BCUT2D eigenvalue weighted by Gasteiger charge is 2.57. The van der Waals surface area contributed by atoms with Gasteiger partial charge in [0.25, 0.3) is 5.91 Å². The van der Waals surface area contributed by atoms with Crippen molar-refractivity contribution in [1.29, 1.82) is 0 Å². The Morgan fingerprint density at radius 1 is 1.64 bits per heavy atom. The zero-order chi connectivity index (χ0) is 10.9. The van der Waals surface area contributed by atoms with E-state index in [2.05, 4.69) is 0 Å². The molecule has 0 radical (unpaired) electrons. The molecule has 0 saturated carbocycles. The summed E-state index contributed by atoms with van der Waals surface area (Å²) in [5.41, 5.74) is 3.58. The summed E-state index contributed by atoms with van der Waals surface area (Å²) in [4.78, 5) is 11.1. The van der Waals surface area contributed by atoms with Crippen LogP contribution in [0.25, 0.3) is 0 Å². The van der Waals surface area contributed by atoms with Crippen LogP contribution in [0.2, 0.25) is 0 Å². The maximum absolute atomic E-state index is 11.1. The van der Waals surface area contributed by atoms with E-state index in [0.717, 1.165) is 0 Å². The summed E-state index contributed by atoms with van der Waals surface area (Å²) < 4.78 is 9.90. The predicted molar refractivity (Wildman–Crippen MR) is 46.1 cm³/mol. The van der Waals surface area contributed by atoms with Gasteiger partial charge in [-0.2, -0.15) is 0 Å². The van der Waals surface area contributed by atoms with Crippen molar-refractivity contribution in [2.45, 2.75) is 37.4 Å². The summed E-state index contributed by atoms with van der Waals surface area (Å²) in [5, 5.41) is 19.1. The van der Waals surface area contributed by atoms with Gasteiger partial charge in [-0.25, -0.2) is 0 Å². The van der Waals surface area contributed by atoms with Gasteiger partial charge in [0.15, 0.2) is 11.9 Å².